The summed E-state index contributed by atoms with van der Waals surface area (Å²) >= 11 is 1.60. The first kappa shape index (κ1) is 15.8. The summed E-state index contributed by atoms with van der Waals surface area (Å²) < 4.78 is 28.5. The fourth-order valence-corrected chi connectivity index (χ4v) is 5.09. The summed E-state index contributed by atoms with van der Waals surface area (Å²) in [6, 6.07) is 0. The summed E-state index contributed by atoms with van der Waals surface area (Å²) in [5, 5.41) is 9.10. The van der Waals surface area contributed by atoms with Crippen LogP contribution in [0.4, 0.5) is 0 Å². The predicted octanol–water partition coefficient (Wildman–Crippen LogP) is 2.57. The fourth-order valence-electron chi connectivity index (χ4n) is 2.26. The van der Waals surface area contributed by atoms with Gasteiger partial charge in [-0.3, -0.25) is 0 Å². The minimum absolute atomic E-state index is 0.130. The highest BCUT2D eigenvalue weighted by Crippen LogP contribution is 2.29. The van der Waals surface area contributed by atoms with Gasteiger partial charge in [-0.15, -0.1) is 10.2 Å². The second-order valence-corrected chi connectivity index (χ2v) is 9.20. The van der Waals surface area contributed by atoms with Crippen molar-refractivity contribution in [3.05, 3.63) is 5.89 Å². The monoisotopic (exact) mass is 318 g/mol. The van der Waals surface area contributed by atoms with E-state index in [0.29, 0.717) is 40.9 Å². The van der Waals surface area contributed by atoms with Gasteiger partial charge in [-0.1, -0.05) is 39.0 Å². The molecule has 0 amide bonds. The van der Waals surface area contributed by atoms with E-state index in [0.717, 1.165) is 6.42 Å². The summed E-state index contributed by atoms with van der Waals surface area (Å²) in [4.78, 5) is 0. The third-order valence-electron chi connectivity index (χ3n) is 3.97. The summed E-state index contributed by atoms with van der Waals surface area (Å²) in [5.41, 5.74) is 0. The van der Waals surface area contributed by atoms with Gasteiger partial charge in [0.2, 0.25) is 5.89 Å². The maximum atomic E-state index is 11.4. The summed E-state index contributed by atoms with van der Waals surface area (Å²) in [6.07, 6.45) is 2.40. The van der Waals surface area contributed by atoms with Gasteiger partial charge in [-0.05, 0) is 18.3 Å². The Bertz CT molecular complexity index is 542. The molecular formula is C13H22N2O3S2. The van der Waals surface area contributed by atoms with Crippen LogP contribution in [0.3, 0.4) is 0 Å². The first-order chi connectivity index (χ1) is 9.39. The van der Waals surface area contributed by atoms with E-state index in [1.165, 1.54) is 0 Å². The molecule has 0 bridgehead atoms. The molecule has 20 heavy (non-hydrogen) atoms. The quantitative estimate of drug-likeness (QED) is 0.751. The number of thioether (sulfide) groups is 1. The molecule has 2 heterocycles. The van der Waals surface area contributed by atoms with Gasteiger partial charge in [0.05, 0.1) is 11.5 Å². The van der Waals surface area contributed by atoms with Crippen molar-refractivity contribution in [1.82, 2.24) is 10.2 Å². The lowest BCUT2D eigenvalue weighted by molar-refractivity contribution is 0.387. The Morgan fingerprint density at radius 1 is 1.40 bits per heavy atom. The number of nitrogens with zero attached hydrogens (tertiary/aromatic N) is 2. The third kappa shape index (κ3) is 4.22. The molecule has 0 aliphatic carbocycles. The average Bonchev–Trinajstić information content (AvgIpc) is 2.95. The van der Waals surface area contributed by atoms with E-state index in [4.69, 9.17) is 4.42 Å². The van der Waals surface area contributed by atoms with Crippen molar-refractivity contribution in [3.63, 3.8) is 0 Å². The Morgan fingerprint density at radius 2 is 2.15 bits per heavy atom. The van der Waals surface area contributed by atoms with E-state index in [1.54, 1.807) is 11.8 Å². The second kappa shape index (κ2) is 6.47. The van der Waals surface area contributed by atoms with E-state index in [9.17, 15) is 8.42 Å². The molecule has 0 spiro atoms. The molecule has 0 radical (unpaired) electrons. The Labute approximate surface area is 124 Å². The zero-order chi connectivity index (χ0) is 14.8. The van der Waals surface area contributed by atoms with Gasteiger partial charge in [0, 0.05) is 11.7 Å². The molecule has 3 atom stereocenters. The average molecular weight is 318 g/mol. The van der Waals surface area contributed by atoms with E-state index in [1.807, 2.05) is 0 Å². The third-order valence-corrected chi connectivity index (χ3v) is 7.01. The summed E-state index contributed by atoms with van der Waals surface area (Å²) in [5.74, 6) is 1.83. The van der Waals surface area contributed by atoms with Crippen LogP contribution in [-0.2, 0) is 16.3 Å². The van der Waals surface area contributed by atoms with Crippen molar-refractivity contribution in [3.8, 4) is 0 Å². The zero-order valence-corrected chi connectivity index (χ0v) is 13.8. The highest BCUT2D eigenvalue weighted by atomic mass is 32.2. The molecule has 1 aliphatic rings. The van der Waals surface area contributed by atoms with Crippen molar-refractivity contribution in [2.45, 2.75) is 50.5 Å². The van der Waals surface area contributed by atoms with Gasteiger partial charge >= 0.3 is 0 Å². The Balaban J connectivity index is 1.89. The molecule has 1 aliphatic heterocycles. The van der Waals surface area contributed by atoms with E-state index >= 15 is 0 Å². The first-order valence-electron chi connectivity index (χ1n) is 7.09. The van der Waals surface area contributed by atoms with Crippen molar-refractivity contribution in [1.29, 1.82) is 0 Å². The largest absolute Gasteiger partial charge is 0.416 e. The van der Waals surface area contributed by atoms with Crippen LogP contribution in [0.5, 0.6) is 0 Å². The van der Waals surface area contributed by atoms with Gasteiger partial charge in [0.25, 0.3) is 5.22 Å². The van der Waals surface area contributed by atoms with Crippen molar-refractivity contribution in [2.24, 2.45) is 11.8 Å². The molecule has 1 aromatic rings. The van der Waals surface area contributed by atoms with Gasteiger partial charge in [-0.25, -0.2) is 8.42 Å². The summed E-state index contributed by atoms with van der Waals surface area (Å²) in [7, 11) is -2.84. The van der Waals surface area contributed by atoms with Gasteiger partial charge in [0.1, 0.15) is 0 Å². The lowest BCUT2D eigenvalue weighted by atomic mass is 10.1. The standard InChI is InChI=1S/C13H22N2O3S2/c1-4-9(2)10(3)19-13-15-14-12(18-13)7-11-5-6-20(16,17)8-11/h9-11H,4-8H2,1-3H3. The van der Waals surface area contributed by atoms with Crippen LogP contribution in [0.15, 0.2) is 9.64 Å². The van der Waals surface area contributed by atoms with Crippen molar-refractivity contribution >= 4 is 21.6 Å². The number of rotatable bonds is 6. The minimum atomic E-state index is -2.84. The van der Waals surface area contributed by atoms with E-state index in [2.05, 4.69) is 31.0 Å². The van der Waals surface area contributed by atoms with Gasteiger partial charge < -0.3 is 4.42 Å². The maximum absolute atomic E-state index is 11.4. The molecule has 5 nitrogen and oxygen atoms in total. The molecule has 114 valence electrons. The highest BCUT2D eigenvalue weighted by Gasteiger charge is 2.29. The molecule has 0 saturated carbocycles. The molecule has 2 rings (SSSR count). The van der Waals surface area contributed by atoms with Crippen molar-refractivity contribution < 1.29 is 12.8 Å². The molecule has 1 fully saturated rings. The highest BCUT2D eigenvalue weighted by molar-refractivity contribution is 7.99. The number of aromatic nitrogens is 2. The number of hydrogen-bond acceptors (Lipinski definition) is 6. The predicted molar refractivity (Wildman–Crippen MR) is 79.5 cm³/mol. The molecular weight excluding hydrogens is 296 g/mol. The normalized spacial score (nSPS) is 24.6. The van der Waals surface area contributed by atoms with E-state index < -0.39 is 9.84 Å². The Morgan fingerprint density at radius 3 is 2.75 bits per heavy atom. The molecule has 1 aromatic heterocycles. The van der Waals surface area contributed by atoms with Crippen LogP contribution < -0.4 is 0 Å². The van der Waals surface area contributed by atoms with Gasteiger partial charge in [0.15, 0.2) is 9.84 Å². The number of hydrogen-bond donors (Lipinski definition) is 0. The van der Waals surface area contributed by atoms with Crippen LogP contribution in [0, 0.1) is 11.8 Å². The van der Waals surface area contributed by atoms with Crippen molar-refractivity contribution in [2.75, 3.05) is 11.5 Å². The lowest BCUT2D eigenvalue weighted by Gasteiger charge is -2.14. The molecule has 3 unspecified atom stereocenters. The van der Waals surface area contributed by atoms with Crippen LogP contribution >= 0.6 is 11.8 Å². The first-order valence-corrected chi connectivity index (χ1v) is 9.79. The zero-order valence-electron chi connectivity index (χ0n) is 12.2. The van der Waals surface area contributed by atoms with Crippen LogP contribution in [0.1, 0.15) is 39.5 Å². The van der Waals surface area contributed by atoms with Crippen LogP contribution in [-0.4, -0.2) is 35.4 Å². The lowest BCUT2D eigenvalue weighted by Crippen LogP contribution is -2.08. The fraction of sp³-hybridized carbons (Fsp3) is 0.846. The Hall–Kier alpha value is -0.560. The van der Waals surface area contributed by atoms with Crippen LogP contribution in [0.2, 0.25) is 0 Å². The SMILES string of the molecule is CCC(C)C(C)Sc1nnc(CC2CCS(=O)(=O)C2)o1. The second-order valence-electron chi connectivity index (χ2n) is 5.64. The molecule has 1 saturated heterocycles. The summed E-state index contributed by atoms with van der Waals surface area (Å²) in [6.45, 7) is 6.53. The van der Waals surface area contributed by atoms with Crippen LogP contribution in [0.25, 0.3) is 0 Å². The topological polar surface area (TPSA) is 73.1 Å². The number of sulfone groups is 1. The van der Waals surface area contributed by atoms with Gasteiger partial charge in [-0.2, -0.15) is 0 Å². The maximum Gasteiger partial charge on any atom is 0.276 e. The minimum Gasteiger partial charge on any atom is -0.416 e. The Kier molecular flexibility index (Phi) is 5.12. The molecule has 0 N–H and O–H groups in total. The smallest absolute Gasteiger partial charge is 0.276 e. The van der Waals surface area contributed by atoms with E-state index in [-0.39, 0.29) is 11.7 Å². The molecule has 0 aromatic carbocycles. The molecule has 7 heteroatoms.